The van der Waals surface area contributed by atoms with Gasteiger partial charge in [-0.1, -0.05) is 6.07 Å². The summed E-state index contributed by atoms with van der Waals surface area (Å²) in [6, 6.07) is 8.30. The lowest BCUT2D eigenvalue weighted by molar-refractivity contribution is -0.384. The van der Waals surface area contributed by atoms with Gasteiger partial charge in [0.15, 0.2) is 0 Å². The lowest BCUT2D eigenvalue weighted by Crippen LogP contribution is -2.03. The molecule has 0 atom stereocenters. The number of anilines is 1. The average molecular weight is 273 g/mol. The van der Waals surface area contributed by atoms with Gasteiger partial charge in [0.1, 0.15) is 18.2 Å². The van der Waals surface area contributed by atoms with Gasteiger partial charge in [-0.15, -0.1) is 0 Å². The quantitative estimate of drug-likeness (QED) is 0.669. The molecule has 0 unspecified atom stereocenters. The van der Waals surface area contributed by atoms with Crippen molar-refractivity contribution in [3.05, 3.63) is 57.8 Å². The average Bonchev–Trinajstić information content (AvgIpc) is 2.46. The van der Waals surface area contributed by atoms with E-state index in [0.29, 0.717) is 12.4 Å². The van der Waals surface area contributed by atoms with Crippen molar-refractivity contribution in [3.8, 4) is 5.75 Å². The van der Waals surface area contributed by atoms with Crippen molar-refractivity contribution in [2.75, 3.05) is 12.4 Å². The van der Waals surface area contributed by atoms with Crippen LogP contribution >= 0.6 is 0 Å². The van der Waals surface area contributed by atoms with Crippen LogP contribution in [0.3, 0.4) is 0 Å². The molecule has 1 aromatic heterocycles. The summed E-state index contributed by atoms with van der Waals surface area (Å²) in [4.78, 5) is 14.4. The van der Waals surface area contributed by atoms with Crippen molar-refractivity contribution >= 4 is 11.5 Å². The van der Waals surface area contributed by atoms with Gasteiger partial charge in [0.05, 0.1) is 4.92 Å². The Labute approximate surface area is 116 Å². The van der Waals surface area contributed by atoms with E-state index in [4.69, 9.17) is 4.74 Å². The van der Waals surface area contributed by atoms with E-state index in [9.17, 15) is 10.1 Å². The molecular formula is C14H15N3O3. The molecule has 2 rings (SSSR count). The number of rotatable bonds is 5. The second-order valence-electron chi connectivity index (χ2n) is 4.26. The molecule has 104 valence electrons. The van der Waals surface area contributed by atoms with Crippen molar-refractivity contribution in [2.24, 2.45) is 0 Å². The van der Waals surface area contributed by atoms with Gasteiger partial charge in [-0.2, -0.15) is 0 Å². The van der Waals surface area contributed by atoms with Crippen molar-refractivity contribution < 1.29 is 9.66 Å². The van der Waals surface area contributed by atoms with Crippen LogP contribution in [0.25, 0.3) is 0 Å². The van der Waals surface area contributed by atoms with Crippen LogP contribution in [0.4, 0.5) is 11.5 Å². The molecule has 0 aliphatic heterocycles. The summed E-state index contributed by atoms with van der Waals surface area (Å²) in [5.41, 5.74) is 1.72. The second-order valence-corrected chi connectivity index (χ2v) is 4.26. The standard InChI is InChI=1S/C14H15N3O3/c1-10-8-12(17(18)19)5-6-13(10)20-9-11-4-3-7-16-14(11)15-2/h3-8H,9H2,1-2H3,(H,15,16). The Bertz CT molecular complexity index is 629. The number of aromatic nitrogens is 1. The summed E-state index contributed by atoms with van der Waals surface area (Å²) in [7, 11) is 1.79. The zero-order chi connectivity index (χ0) is 14.5. The van der Waals surface area contributed by atoms with Crippen LogP contribution in [0.15, 0.2) is 36.5 Å². The fourth-order valence-corrected chi connectivity index (χ4v) is 1.84. The normalized spacial score (nSPS) is 10.1. The molecule has 0 saturated carbocycles. The van der Waals surface area contributed by atoms with Gasteiger partial charge < -0.3 is 10.1 Å². The number of aryl methyl sites for hydroxylation is 1. The summed E-state index contributed by atoms with van der Waals surface area (Å²) in [5, 5.41) is 13.7. The number of nitrogens with zero attached hydrogens (tertiary/aromatic N) is 2. The Kier molecular flexibility index (Phi) is 4.14. The van der Waals surface area contributed by atoms with E-state index < -0.39 is 4.92 Å². The number of nitro groups is 1. The summed E-state index contributed by atoms with van der Waals surface area (Å²) in [5.74, 6) is 1.38. The highest BCUT2D eigenvalue weighted by Gasteiger charge is 2.09. The Hall–Kier alpha value is -2.63. The van der Waals surface area contributed by atoms with Gasteiger partial charge in [0.2, 0.25) is 0 Å². The van der Waals surface area contributed by atoms with Gasteiger partial charge >= 0.3 is 0 Å². The molecule has 1 N–H and O–H groups in total. The largest absolute Gasteiger partial charge is 0.488 e. The summed E-state index contributed by atoms with van der Waals surface area (Å²) >= 11 is 0. The maximum Gasteiger partial charge on any atom is 0.269 e. The number of non-ortho nitro benzene ring substituents is 1. The zero-order valence-corrected chi connectivity index (χ0v) is 11.3. The lowest BCUT2D eigenvalue weighted by Gasteiger charge is -2.11. The molecule has 6 heteroatoms. The van der Waals surface area contributed by atoms with Crippen LogP contribution in [0, 0.1) is 17.0 Å². The monoisotopic (exact) mass is 273 g/mol. The number of ether oxygens (including phenoxy) is 1. The van der Waals surface area contributed by atoms with Gasteiger partial charge in [0, 0.05) is 30.9 Å². The van der Waals surface area contributed by atoms with E-state index in [1.165, 1.54) is 12.1 Å². The number of nitrogens with one attached hydrogen (secondary N) is 1. The van der Waals surface area contributed by atoms with Crippen LogP contribution < -0.4 is 10.1 Å². The zero-order valence-electron chi connectivity index (χ0n) is 11.3. The van der Waals surface area contributed by atoms with E-state index in [-0.39, 0.29) is 5.69 Å². The predicted octanol–water partition coefficient (Wildman–Crippen LogP) is 2.92. The minimum absolute atomic E-state index is 0.0622. The summed E-state index contributed by atoms with van der Waals surface area (Å²) < 4.78 is 5.70. The van der Waals surface area contributed by atoms with Gasteiger partial charge in [-0.05, 0) is 24.6 Å². The van der Waals surface area contributed by atoms with Gasteiger partial charge in [-0.3, -0.25) is 10.1 Å². The van der Waals surface area contributed by atoms with Crippen molar-refractivity contribution in [2.45, 2.75) is 13.5 Å². The van der Waals surface area contributed by atoms with Crippen molar-refractivity contribution in [3.63, 3.8) is 0 Å². The highest BCUT2D eigenvalue weighted by Crippen LogP contribution is 2.24. The highest BCUT2D eigenvalue weighted by molar-refractivity contribution is 5.45. The fourth-order valence-electron chi connectivity index (χ4n) is 1.84. The third-order valence-corrected chi connectivity index (χ3v) is 2.88. The lowest BCUT2D eigenvalue weighted by atomic mass is 10.2. The van der Waals surface area contributed by atoms with Crippen LogP contribution in [0.1, 0.15) is 11.1 Å². The third kappa shape index (κ3) is 3.03. The molecule has 0 saturated heterocycles. The first-order valence-electron chi connectivity index (χ1n) is 6.11. The molecule has 0 fully saturated rings. The number of hydrogen-bond donors (Lipinski definition) is 1. The second kappa shape index (κ2) is 6.01. The molecule has 0 spiro atoms. The van der Waals surface area contributed by atoms with Crippen molar-refractivity contribution in [1.82, 2.24) is 4.98 Å². The van der Waals surface area contributed by atoms with E-state index in [0.717, 1.165) is 16.9 Å². The van der Waals surface area contributed by atoms with Crippen molar-refractivity contribution in [1.29, 1.82) is 0 Å². The first-order valence-corrected chi connectivity index (χ1v) is 6.11. The molecule has 0 bridgehead atoms. The summed E-state index contributed by atoms with van der Waals surface area (Å²) in [6.07, 6.45) is 1.70. The Balaban J connectivity index is 2.13. The van der Waals surface area contributed by atoms with E-state index in [1.807, 2.05) is 12.1 Å². The smallest absolute Gasteiger partial charge is 0.269 e. The first kappa shape index (κ1) is 13.8. The summed E-state index contributed by atoms with van der Waals surface area (Å²) in [6.45, 7) is 2.13. The number of nitro benzene ring substituents is 1. The van der Waals surface area contributed by atoms with Crippen LogP contribution in [-0.2, 0) is 6.61 Å². The highest BCUT2D eigenvalue weighted by atomic mass is 16.6. The van der Waals surface area contributed by atoms with E-state index >= 15 is 0 Å². The maximum absolute atomic E-state index is 10.7. The minimum Gasteiger partial charge on any atom is -0.488 e. The number of benzene rings is 1. The fraction of sp³-hybridized carbons (Fsp3) is 0.214. The topological polar surface area (TPSA) is 77.3 Å². The van der Waals surface area contributed by atoms with E-state index in [2.05, 4.69) is 10.3 Å². The van der Waals surface area contributed by atoms with E-state index in [1.54, 1.807) is 26.2 Å². The first-order chi connectivity index (χ1) is 9.61. The maximum atomic E-state index is 10.7. The Morgan fingerprint density at radius 1 is 1.40 bits per heavy atom. The molecular weight excluding hydrogens is 258 g/mol. The van der Waals surface area contributed by atoms with Gasteiger partial charge in [0.25, 0.3) is 5.69 Å². The SMILES string of the molecule is CNc1ncccc1COc1ccc([N+](=O)[O-])cc1C. The molecule has 1 aromatic carbocycles. The molecule has 0 radical (unpaired) electrons. The molecule has 2 aromatic rings. The number of hydrogen-bond acceptors (Lipinski definition) is 5. The minimum atomic E-state index is -0.420. The Morgan fingerprint density at radius 2 is 2.20 bits per heavy atom. The molecule has 0 aliphatic carbocycles. The molecule has 0 amide bonds. The predicted molar refractivity (Wildman–Crippen MR) is 75.9 cm³/mol. The molecule has 1 heterocycles. The van der Waals surface area contributed by atoms with Crippen LogP contribution in [0.2, 0.25) is 0 Å². The Morgan fingerprint density at radius 3 is 2.85 bits per heavy atom. The molecule has 20 heavy (non-hydrogen) atoms. The third-order valence-electron chi connectivity index (χ3n) is 2.88. The molecule has 6 nitrogen and oxygen atoms in total. The number of pyridine rings is 1. The van der Waals surface area contributed by atoms with Crippen LogP contribution in [-0.4, -0.2) is 17.0 Å². The molecule has 0 aliphatic rings. The van der Waals surface area contributed by atoms with Gasteiger partial charge in [-0.25, -0.2) is 4.98 Å². The van der Waals surface area contributed by atoms with Crippen LogP contribution in [0.5, 0.6) is 5.75 Å².